The number of fused-ring (bicyclic) bond motifs is 1. The number of amides is 2. The Bertz CT molecular complexity index is 1100. The Morgan fingerprint density at radius 2 is 1.84 bits per heavy atom. The maximum absolute atomic E-state index is 13.1. The Labute approximate surface area is 183 Å². The lowest BCUT2D eigenvalue weighted by atomic mass is 10.1. The number of anilines is 2. The van der Waals surface area contributed by atoms with E-state index in [9.17, 15) is 18.0 Å². The molecule has 1 atom stereocenters. The number of nitrogens with zero attached hydrogens (tertiary/aromatic N) is 1. The van der Waals surface area contributed by atoms with E-state index in [-0.39, 0.29) is 29.0 Å². The van der Waals surface area contributed by atoms with E-state index in [0.717, 1.165) is 30.5 Å². The highest BCUT2D eigenvalue weighted by molar-refractivity contribution is 7.92. The molecule has 1 fully saturated rings. The van der Waals surface area contributed by atoms with Gasteiger partial charge in [-0.3, -0.25) is 9.59 Å². The Morgan fingerprint density at radius 3 is 2.48 bits per heavy atom. The minimum atomic E-state index is -3.66. The summed E-state index contributed by atoms with van der Waals surface area (Å²) in [6.07, 6.45) is 3.33. The van der Waals surface area contributed by atoms with Crippen LogP contribution in [-0.2, 0) is 32.3 Å². The van der Waals surface area contributed by atoms with Crippen molar-refractivity contribution in [1.29, 1.82) is 0 Å². The van der Waals surface area contributed by atoms with Gasteiger partial charge in [0.25, 0.3) is 0 Å². The van der Waals surface area contributed by atoms with Gasteiger partial charge in [0.15, 0.2) is 9.84 Å². The Kier molecular flexibility index (Phi) is 5.88. The Balaban J connectivity index is 1.43. The maximum Gasteiger partial charge on any atom is 0.230 e. The summed E-state index contributed by atoms with van der Waals surface area (Å²) in [6, 6.07) is 12.5. The predicted molar refractivity (Wildman–Crippen MR) is 121 cm³/mol. The average Bonchev–Trinajstić information content (AvgIpc) is 3.52. The average molecular weight is 441 g/mol. The summed E-state index contributed by atoms with van der Waals surface area (Å²) in [7, 11) is -3.66. The molecule has 1 aliphatic heterocycles. The van der Waals surface area contributed by atoms with Crippen LogP contribution in [0.1, 0.15) is 44.2 Å². The van der Waals surface area contributed by atoms with Gasteiger partial charge in [-0.2, -0.15) is 0 Å². The molecule has 0 aromatic heterocycles. The first kappa shape index (κ1) is 21.6. The molecular formula is C24H28N2O4S. The van der Waals surface area contributed by atoms with Crippen molar-refractivity contribution in [3.05, 3.63) is 53.6 Å². The molecule has 0 spiro atoms. The summed E-state index contributed by atoms with van der Waals surface area (Å²) in [5.41, 5.74) is 3.52. The molecule has 1 aliphatic carbocycles. The summed E-state index contributed by atoms with van der Waals surface area (Å²) < 4.78 is 26.2. The van der Waals surface area contributed by atoms with Crippen molar-refractivity contribution >= 4 is 33.0 Å². The van der Waals surface area contributed by atoms with Crippen molar-refractivity contribution in [1.82, 2.24) is 0 Å². The molecule has 2 aromatic carbocycles. The Morgan fingerprint density at radius 1 is 1.13 bits per heavy atom. The molecule has 2 aromatic rings. The molecule has 1 N–H and O–H groups in total. The number of hydrogen-bond donors (Lipinski definition) is 1. The predicted octanol–water partition coefficient (Wildman–Crippen LogP) is 3.74. The summed E-state index contributed by atoms with van der Waals surface area (Å²) in [6.45, 7) is 4.22. The minimum absolute atomic E-state index is 0.124. The fourth-order valence-corrected chi connectivity index (χ4v) is 5.37. The monoisotopic (exact) mass is 440 g/mol. The summed E-state index contributed by atoms with van der Waals surface area (Å²) in [5.74, 6) is -0.0554. The molecular weight excluding hydrogens is 412 g/mol. The molecule has 0 unspecified atom stereocenters. The van der Waals surface area contributed by atoms with E-state index in [1.54, 1.807) is 30.0 Å². The molecule has 0 radical (unpaired) electrons. The number of sulfone groups is 1. The van der Waals surface area contributed by atoms with E-state index in [1.807, 2.05) is 24.3 Å². The second kappa shape index (κ2) is 8.46. The molecule has 0 bridgehead atoms. The molecule has 7 heteroatoms. The number of hydrogen-bond acceptors (Lipinski definition) is 4. The van der Waals surface area contributed by atoms with Crippen molar-refractivity contribution < 1.29 is 18.0 Å². The number of benzene rings is 2. The van der Waals surface area contributed by atoms with Gasteiger partial charge in [0.05, 0.1) is 10.1 Å². The van der Waals surface area contributed by atoms with E-state index in [1.165, 1.54) is 5.56 Å². The molecule has 1 heterocycles. The van der Waals surface area contributed by atoms with Gasteiger partial charge in [-0.1, -0.05) is 19.1 Å². The molecule has 2 amide bonds. The molecule has 31 heavy (non-hydrogen) atoms. The zero-order valence-corrected chi connectivity index (χ0v) is 18.7. The van der Waals surface area contributed by atoms with Crippen LogP contribution in [0, 0.1) is 5.92 Å². The quantitative estimate of drug-likeness (QED) is 0.711. The smallest absolute Gasteiger partial charge is 0.230 e. The van der Waals surface area contributed by atoms with Gasteiger partial charge in [0, 0.05) is 30.3 Å². The topological polar surface area (TPSA) is 83.6 Å². The highest BCUT2D eigenvalue weighted by atomic mass is 32.2. The minimum Gasteiger partial charge on any atom is -0.326 e. The fourth-order valence-electron chi connectivity index (χ4n) is 3.97. The van der Waals surface area contributed by atoms with E-state index >= 15 is 0 Å². The molecule has 2 aliphatic rings. The normalized spacial score (nSPS) is 16.6. The first-order valence-corrected chi connectivity index (χ1v) is 12.4. The van der Waals surface area contributed by atoms with E-state index in [2.05, 4.69) is 12.2 Å². The third kappa shape index (κ3) is 4.51. The van der Waals surface area contributed by atoms with Crippen LogP contribution >= 0.6 is 0 Å². The van der Waals surface area contributed by atoms with Crippen molar-refractivity contribution in [2.75, 3.05) is 16.8 Å². The van der Waals surface area contributed by atoms with Gasteiger partial charge in [0.1, 0.15) is 0 Å². The second-order valence-electron chi connectivity index (χ2n) is 8.46. The van der Waals surface area contributed by atoms with Crippen LogP contribution in [0.15, 0.2) is 47.4 Å². The van der Waals surface area contributed by atoms with E-state index < -0.39 is 15.1 Å². The third-order valence-corrected chi connectivity index (χ3v) is 8.25. The van der Waals surface area contributed by atoms with E-state index in [4.69, 9.17) is 0 Å². The van der Waals surface area contributed by atoms with Crippen molar-refractivity contribution in [3.63, 3.8) is 0 Å². The Hall–Kier alpha value is -2.67. The second-order valence-corrected chi connectivity index (χ2v) is 10.8. The van der Waals surface area contributed by atoms with Crippen LogP contribution in [0.25, 0.3) is 0 Å². The van der Waals surface area contributed by atoms with Crippen LogP contribution < -0.4 is 10.2 Å². The van der Waals surface area contributed by atoms with Crippen LogP contribution in [0.2, 0.25) is 0 Å². The van der Waals surface area contributed by atoms with Gasteiger partial charge in [-0.05, 0) is 74.1 Å². The van der Waals surface area contributed by atoms with Crippen LogP contribution in [0.4, 0.5) is 11.4 Å². The van der Waals surface area contributed by atoms with Gasteiger partial charge >= 0.3 is 0 Å². The van der Waals surface area contributed by atoms with Crippen LogP contribution in [-0.4, -0.2) is 32.0 Å². The van der Waals surface area contributed by atoms with Crippen molar-refractivity contribution in [3.8, 4) is 0 Å². The number of rotatable bonds is 7. The highest BCUT2D eigenvalue weighted by Gasteiger charge is 2.37. The van der Waals surface area contributed by atoms with Gasteiger partial charge in [0.2, 0.25) is 11.8 Å². The van der Waals surface area contributed by atoms with Crippen molar-refractivity contribution in [2.24, 2.45) is 5.92 Å². The number of aryl methyl sites for hydroxylation is 1. The first-order valence-electron chi connectivity index (χ1n) is 10.9. The third-order valence-electron chi connectivity index (χ3n) is 6.12. The molecule has 164 valence electrons. The summed E-state index contributed by atoms with van der Waals surface area (Å²) >= 11 is 0. The lowest BCUT2D eigenvalue weighted by molar-refractivity contribution is -0.119. The summed E-state index contributed by atoms with van der Waals surface area (Å²) in [4.78, 5) is 26.8. The molecule has 1 saturated carbocycles. The lowest BCUT2D eigenvalue weighted by Gasteiger charge is -2.18. The van der Waals surface area contributed by atoms with Crippen molar-refractivity contribution in [2.45, 2.75) is 56.1 Å². The fraction of sp³-hybridized carbons (Fsp3) is 0.417. The standard InChI is InChI=1S/C24H28N2O4S/c1-3-17-4-8-20(9-5-17)25-23(27)14-16(2)31(29,30)21-10-11-22-19(15-21)12-13-26(22)24(28)18-6-7-18/h4-5,8-11,15-16,18H,3,6-7,12-14H2,1-2H3,(H,25,27)/t16-/m0/s1. The SMILES string of the molecule is CCc1ccc(NC(=O)C[C@H](C)S(=O)(=O)c2ccc3c(c2)CCN3C(=O)C2CC2)cc1. The van der Waals surface area contributed by atoms with Gasteiger partial charge in [-0.25, -0.2) is 8.42 Å². The van der Waals surface area contributed by atoms with Crippen LogP contribution in [0.3, 0.4) is 0 Å². The highest BCUT2D eigenvalue weighted by Crippen LogP contribution is 2.37. The zero-order chi connectivity index (χ0) is 22.2. The molecule has 4 rings (SSSR count). The molecule has 6 nitrogen and oxygen atoms in total. The van der Waals surface area contributed by atoms with Gasteiger partial charge in [-0.15, -0.1) is 0 Å². The largest absolute Gasteiger partial charge is 0.326 e. The number of carbonyl (C=O) groups excluding carboxylic acids is 2. The summed E-state index contributed by atoms with van der Waals surface area (Å²) in [5, 5.41) is 1.92. The number of carbonyl (C=O) groups is 2. The van der Waals surface area contributed by atoms with Crippen LogP contribution in [0.5, 0.6) is 0 Å². The first-order chi connectivity index (χ1) is 14.8. The molecule has 0 saturated heterocycles. The maximum atomic E-state index is 13.1. The van der Waals surface area contributed by atoms with Gasteiger partial charge < -0.3 is 10.2 Å². The zero-order valence-electron chi connectivity index (χ0n) is 17.9. The lowest BCUT2D eigenvalue weighted by Crippen LogP contribution is -2.30. The van der Waals surface area contributed by atoms with E-state index in [0.29, 0.717) is 18.7 Å². The number of nitrogens with one attached hydrogen (secondary N) is 1.